The summed E-state index contributed by atoms with van der Waals surface area (Å²) < 4.78 is 0. The molecule has 0 radical (unpaired) electrons. The van der Waals surface area contributed by atoms with Gasteiger partial charge in [-0.25, -0.2) is 0 Å². The Hall–Kier alpha value is -0.340. The summed E-state index contributed by atoms with van der Waals surface area (Å²) in [6.45, 7) is 7.74. The molecule has 0 bridgehead atoms. The van der Waals surface area contributed by atoms with Crippen LogP contribution < -0.4 is 11.1 Å². The minimum atomic E-state index is 0.225. The standard InChI is InChI=1S/C11H22N2/c1-3-5-8-13-11(4-2,9-12)10-6-7-10/h3,10,13H,1,4-9,12H2,2H3. The van der Waals surface area contributed by atoms with Gasteiger partial charge in [-0.3, -0.25) is 0 Å². The van der Waals surface area contributed by atoms with Crippen LogP contribution >= 0.6 is 0 Å². The second-order valence-electron chi connectivity index (χ2n) is 3.99. The second-order valence-corrected chi connectivity index (χ2v) is 3.99. The minimum Gasteiger partial charge on any atom is -0.329 e. The van der Waals surface area contributed by atoms with E-state index in [9.17, 15) is 0 Å². The molecule has 0 amide bonds. The third kappa shape index (κ3) is 2.55. The Morgan fingerprint density at radius 2 is 2.31 bits per heavy atom. The summed E-state index contributed by atoms with van der Waals surface area (Å²) in [7, 11) is 0. The number of nitrogens with two attached hydrogens (primary N) is 1. The first kappa shape index (κ1) is 10.7. The van der Waals surface area contributed by atoms with Gasteiger partial charge in [-0.05, 0) is 38.1 Å². The van der Waals surface area contributed by atoms with Crippen molar-refractivity contribution in [2.24, 2.45) is 11.7 Å². The average molecular weight is 182 g/mol. The van der Waals surface area contributed by atoms with E-state index in [1.54, 1.807) is 0 Å². The van der Waals surface area contributed by atoms with Crippen molar-refractivity contribution in [3.8, 4) is 0 Å². The van der Waals surface area contributed by atoms with Crippen LogP contribution in [0.15, 0.2) is 12.7 Å². The van der Waals surface area contributed by atoms with Crippen molar-refractivity contribution < 1.29 is 0 Å². The molecule has 1 unspecified atom stereocenters. The van der Waals surface area contributed by atoms with Crippen LogP contribution in [0, 0.1) is 5.92 Å². The molecule has 76 valence electrons. The monoisotopic (exact) mass is 182 g/mol. The summed E-state index contributed by atoms with van der Waals surface area (Å²) in [6, 6.07) is 0. The van der Waals surface area contributed by atoms with Crippen LogP contribution in [-0.2, 0) is 0 Å². The molecule has 1 aliphatic rings. The molecule has 0 aromatic heterocycles. The molecule has 2 heteroatoms. The van der Waals surface area contributed by atoms with E-state index in [2.05, 4.69) is 18.8 Å². The molecular weight excluding hydrogens is 160 g/mol. The topological polar surface area (TPSA) is 38.0 Å². The summed E-state index contributed by atoms with van der Waals surface area (Å²) in [5.74, 6) is 0.826. The van der Waals surface area contributed by atoms with Crippen LogP contribution in [0.1, 0.15) is 32.6 Å². The summed E-state index contributed by atoms with van der Waals surface area (Å²) in [6.07, 6.45) is 6.84. The lowest BCUT2D eigenvalue weighted by Gasteiger charge is -2.33. The lowest BCUT2D eigenvalue weighted by atomic mass is 9.90. The van der Waals surface area contributed by atoms with Crippen LogP contribution in [0.2, 0.25) is 0 Å². The van der Waals surface area contributed by atoms with Crippen LogP contribution in [0.25, 0.3) is 0 Å². The predicted molar refractivity (Wildman–Crippen MR) is 57.6 cm³/mol. The number of hydrogen-bond acceptors (Lipinski definition) is 2. The molecule has 0 spiro atoms. The maximum Gasteiger partial charge on any atom is 0.0329 e. The molecule has 0 aromatic rings. The molecule has 0 aromatic carbocycles. The van der Waals surface area contributed by atoms with Crippen LogP contribution in [0.4, 0.5) is 0 Å². The van der Waals surface area contributed by atoms with Gasteiger partial charge in [-0.2, -0.15) is 0 Å². The lowest BCUT2D eigenvalue weighted by molar-refractivity contribution is 0.282. The van der Waals surface area contributed by atoms with E-state index in [1.807, 2.05) is 6.08 Å². The second kappa shape index (κ2) is 4.77. The van der Waals surface area contributed by atoms with Gasteiger partial charge in [0.15, 0.2) is 0 Å². The van der Waals surface area contributed by atoms with Gasteiger partial charge >= 0.3 is 0 Å². The lowest BCUT2D eigenvalue weighted by Crippen LogP contribution is -2.52. The highest BCUT2D eigenvalue weighted by Gasteiger charge is 2.42. The Kier molecular flexibility index (Phi) is 3.94. The van der Waals surface area contributed by atoms with Crippen LogP contribution in [0.3, 0.4) is 0 Å². The summed E-state index contributed by atoms with van der Waals surface area (Å²) >= 11 is 0. The molecule has 1 rings (SSSR count). The zero-order chi connectivity index (χ0) is 9.73. The number of hydrogen-bond donors (Lipinski definition) is 2. The maximum atomic E-state index is 5.85. The highest BCUT2D eigenvalue weighted by Crippen LogP contribution is 2.40. The number of rotatable bonds is 7. The first-order chi connectivity index (χ1) is 6.29. The third-order valence-corrected chi connectivity index (χ3v) is 3.18. The molecule has 1 fully saturated rings. The first-order valence-corrected chi connectivity index (χ1v) is 5.35. The highest BCUT2D eigenvalue weighted by atomic mass is 15.0. The Morgan fingerprint density at radius 1 is 1.62 bits per heavy atom. The van der Waals surface area contributed by atoms with Crippen LogP contribution in [-0.4, -0.2) is 18.6 Å². The average Bonchev–Trinajstić information content (AvgIpc) is 2.97. The van der Waals surface area contributed by atoms with E-state index >= 15 is 0 Å². The SMILES string of the molecule is C=CCCNC(CC)(CN)C1CC1. The minimum absolute atomic E-state index is 0.225. The van der Waals surface area contributed by atoms with Crippen molar-refractivity contribution in [3.63, 3.8) is 0 Å². The Bertz CT molecular complexity index is 157. The van der Waals surface area contributed by atoms with Gasteiger partial charge in [0.25, 0.3) is 0 Å². The zero-order valence-corrected chi connectivity index (χ0v) is 8.68. The van der Waals surface area contributed by atoms with Gasteiger partial charge in [-0.1, -0.05) is 13.0 Å². The molecule has 1 saturated carbocycles. The zero-order valence-electron chi connectivity index (χ0n) is 8.68. The molecule has 0 saturated heterocycles. The fourth-order valence-corrected chi connectivity index (χ4v) is 2.00. The predicted octanol–water partition coefficient (Wildman–Crippen LogP) is 1.67. The molecule has 3 N–H and O–H groups in total. The van der Waals surface area contributed by atoms with E-state index in [4.69, 9.17) is 5.73 Å². The smallest absolute Gasteiger partial charge is 0.0329 e. The Balaban J connectivity index is 2.39. The van der Waals surface area contributed by atoms with Crippen molar-refractivity contribution in [1.82, 2.24) is 5.32 Å². The highest BCUT2D eigenvalue weighted by molar-refractivity contribution is 5.01. The van der Waals surface area contributed by atoms with Gasteiger partial charge in [0.1, 0.15) is 0 Å². The van der Waals surface area contributed by atoms with Gasteiger partial charge in [0.05, 0.1) is 0 Å². The first-order valence-electron chi connectivity index (χ1n) is 5.35. The molecule has 0 aliphatic heterocycles. The van der Waals surface area contributed by atoms with E-state index in [1.165, 1.54) is 12.8 Å². The molecule has 2 nitrogen and oxygen atoms in total. The third-order valence-electron chi connectivity index (χ3n) is 3.18. The molecule has 0 heterocycles. The fraction of sp³-hybridized carbons (Fsp3) is 0.818. The summed E-state index contributed by atoms with van der Waals surface area (Å²) in [5, 5.41) is 3.60. The van der Waals surface area contributed by atoms with Crippen LogP contribution in [0.5, 0.6) is 0 Å². The van der Waals surface area contributed by atoms with Crippen molar-refractivity contribution in [2.75, 3.05) is 13.1 Å². The normalized spacial score (nSPS) is 21.1. The van der Waals surface area contributed by atoms with E-state index in [0.717, 1.165) is 31.8 Å². The van der Waals surface area contributed by atoms with Crippen molar-refractivity contribution in [2.45, 2.75) is 38.1 Å². The van der Waals surface area contributed by atoms with E-state index in [-0.39, 0.29) is 5.54 Å². The summed E-state index contributed by atoms with van der Waals surface area (Å²) in [4.78, 5) is 0. The quantitative estimate of drug-likeness (QED) is 0.464. The molecule has 1 aliphatic carbocycles. The Labute approximate surface area is 81.6 Å². The van der Waals surface area contributed by atoms with Crippen molar-refractivity contribution in [3.05, 3.63) is 12.7 Å². The van der Waals surface area contributed by atoms with Gasteiger partial charge in [-0.15, -0.1) is 6.58 Å². The van der Waals surface area contributed by atoms with E-state index < -0.39 is 0 Å². The van der Waals surface area contributed by atoms with Gasteiger partial charge in [0.2, 0.25) is 0 Å². The molecular formula is C11H22N2. The van der Waals surface area contributed by atoms with Gasteiger partial charge < -0.3 is 11.1 Å². The van der Waals surface area contributed by atoms with Crippen molar-refractivity contribution in [1.29, 1.82) is 0 Å². The Morgan fingerprint density at radius 3 is 2.69 bits per heavy atom. The van der Waals surface area contributed by atoms with Gasteiger partial charge in [0, 0.05) is 12.1 Å². The largest absolute Gasteiger partial charge is 0.329 e. The fourth-order valence-electron chi connectivity index (χ4n) is 2.00. The molecule has 13 heavy (non-hydrogen) atoms. The number of nitrogens with one attached hydrogen (secondary N) is 1. The molecule has 1 atom stereocenters. The van der Waals surface area contributed by atoms with Crippen molar-refractivity contribution >= 4 is 0 Å². The summed E-state index contributed by atoms with van der Waals surface area (Å²) in [5.41, 5.74) is 6.08. The van der Waals surface area contributed by atoms with E-state index in [0.29, 0.717) is 0 Å². The maximum absolute atomic E-state index is 5.85.